The van der Waals surface area contributed by atoms with Gasteiger partial charge in [0.25, 0.3) is 0 Å². The SMILES string of the molecule is CC(C)(C)c1ccc2c(c1)[Si]1(c3ccccc3-c3ccc(-c4ccc(N5c6ccccc6C6(c7ccccc7-c7ccccc76)c6ccccc65)cc4)cc31)c1cc(C(C)(C)C)ccc1-2. The first-order valence-electron chi connectivity index (χ1n) is 23.3. The Morgan fingerprint density at radius 2 is 0.738 bits per heavy atom. The summed E-state index contributed by atoms with van der Waals surface area (Å²) in [7, 11) is -2.73. The summed E-state index contributed by atoms with van der Waals surface area (Å²) in [5.41, 5.74) is 22.1. The van der Waals surface area contributed by atoms with Crippen molar-refractivity contribution < 1.29 is 0 Å². The number of anilines is 3. The van der Waals surface area contributed by atoms with Gasteiger partial charge in [0, 0.05) is 5.69 Å². The molecular formula is C63H51NSi. The van der Waals surface area contributed by atoms with E-state index in [2.05, 4.69) is 247 Å². The second kappa shape index (κ2) is 13.3. The molecule has 0 saturated carbocycles. The second-order valence-corrected chi connectivity index (χ2v) is 24.5. The van der Waals surface area contributed by atoms with Crippen LogP contribution in [0.25, 0.3) is 44.5 Å². The lowest BCUT2D eigenvalue weighted by atomic mass is 9.64. The van der Waals surface area contributed by atoms with Crippen molar-refractivity contribution >= 4 is 45.9 Å². The van der Waals surface area contributed by atoms with Gasteiger partial charge in [-0.3, -0.25) is 0 Å². The predicted octanol–water partition coefficient (Wildman–Crippen LogP) is 13.4. The lowest BCUT2D eigenvalue weighted by Crippen LogP contribution is -2.71. The van der Waals surface area contributed by atoms with Crippen LogP contribution in [0.4, 0.5) is 17.1 Å². The first-order chi connectivity index (χ1) is 31.5. The highest BCUT2D eigenvalue weighted by molar-refractivity contribution is 7.24. The number of hydrogen-bond donors (Lipinski definition) is 0. The molecule has 1 aliphatic carbocycles. The molecule has 2 heteroatoms. The topological polar surface area (TPSA) is 3.24 Å². The minimum Gasteiger partial charge on any atom is -0.310 e. The maximum atomic E-state index is 2.60. The molecule has 13 rings (SSSR count). The fourth-order valence-corrected chi connectivity index (χ4v) is 18.1. The molecule has 0 radical (unpaired) electrons. The zero-order valence-electron chi connectivity index (χ0n) is 38.0. The van der Waals surface area contributed by atoms with E-state index in [0.717, 1.165) is 5.69 Å². The maximum Gasteiger partial charge on any atom is 0.182 e. The van der Waals surface area contributed by atoms with Crippen molar-refractivity contribution in [2.45, 2.75) is 57.8 Å². The van der Waals surface area contributed by atoms with Gasteiger partial charge in [0.2, 0.25) is 0 Å². The van der Waals surface area contributed by atoms with Crippen molar-refractivity contribution in [2.75, 3.05) is 4.90 Å². The largest absolute Gasteiger partial charge is 0.310 e. The molecule has 65 heavy (non-hydrogen) atoms. The molecule has 0 aromatic heterocycles. The van der Waals surface area contributed by atoms with Crippen LogP contribution in [0.1, 0.15) is 74.9 Å². The molecule has 0 atom stereocenters. The number of para-hydroxylation sites is 2. The first-order valence-corrected chi connectivity index (χ1v) is 25.3. The highest BCUT2D eigenvalue weighted by Crippen LogP contribution is 2.63. The Labute approximate surface area is 384 Å². The van der Waals surface area contributed by atoms with E-state index in [4.69, 9.17) is 0 Å². The molecule has 0 N–H and O–H groups in total. The quantitative estimate of drug-likeness (QED) is 0.157. The molecule has 0 saturated heterocycles. The van der Waals surface area contributed by atoms with Crippen LogP contribution in [0.5, 0.6) is 0 Å². The van der Waals surface area contributed by atoms with E-state index in [1.165, 1.54) is 110 Å². The number of fused-ring (bicyclic) bond motifs is 19. The second-order valence-electron chi connectivity index (χ2n) is 20.8. The van der Waals surface area contributed by atoms with Crippen molar-refractivity contribution in [3.05, 3.63) is 234 Å². The Morgan fingerprint density at radius 1 is 0.338 bits per heavy atom. The number of hydrogen-bond acceptors (Lipinski definition) is 1. The van der Waals surface area contributed by atoms with Crippen molar-refractivity contribution in [1.29, 1.82) is 0 Å². The third-order valence-electron chi connectivity index (χ3n) is 15.4. The van der Waals surface area contributed by atoms with Crippen molar-refractivity contribution in [1.82, 2.24) is 0 Å². The average Bonchev–Trinajstić information content (AvgIpc) is 3.91. The Bertz CT molecular complexity index is 3310. The summed E-state index contributed by atoms with van der Waals surface area (Å²) in [6.07, 6.45) is 0. The molecule has 3 heterocycles. The highest BCUT2D eigenvalue weighted by atomic mass is 28.3. The van der Waals surface area contributed by atoms with Gasteiger partial charge in [-0.1, -0.05) is 217 Å². The lowest BCUT2D eigenvalue weighted by Gasteiger charge is -2.45. The van der Waals surface area contributed by atoms with Crippen LogP contribution in [0.2, 0.25) is 0 Å². The van der Waals surface area contributed by atoms with E-state index >= 15 is 0 Å². The van der Waals surface area contributed by atoms with Gasteiger partial charge in [-0.05, 0) is 134 Å². The van der Waals surface area contributed by atoms with Crippen molar-refractivity contribution in [3.63, 3.8) is 0 Å². The summed E-state index contributed by atoms with van der Waals surface area (Å²) in [6.45, 7) is 14.1. The third kappa shape index (κ3) is 5.04. The van der Waals surface area contributed by atoms with Gasteiger partial charge in [-0.2, -0.15) is 0 Å². The summed E-state index contributed by atoms with van der Waals surface area (Å²) in [4.78, 5) is 2.50. The lowest BCUT2D eigenvalue weighted by molar-refractivity contribution is 0.590. The molecule has 3 aliphatic heterocycles. The van der Waals surface area contributed by atoms with E-state index < -0.39 is 13.5 Å². The fourth-order valence-electron chi connectivity index (χ4n) is 12.4. The summed E-state index contributed by atoms with van der Waals surface area (Å²) >= 11 is 0. The van der Waals surface area contributed by atoms with Crippen LogP contribution in [0.15, 0.2) is 200 Å². The first kappa shape index (κ1) is 38.5. The van der Waals surface area contributed by atoms with Gasteiger partial charge >= 0.3 is 0 Å². The zero-order valence-corrected chi connectivity index (χ0v) is 39.0. The van der Waals surface area contributed by atoms with Crippen LogP contribution in [0, 0.1) is 0 Å². The van der Waals surface area contributed by atoms with Crippen LogP contribution in [-0.4, -0.2) is 8.07 Å². The molecule has 4 aliphatic rings. The highest BCUT2D eigenvalue weighted by Gasteiger charge is 2.55. The minimum atomic E-state index is -2.73. The third-order valence-corrected chi connectivity index (χ3v) is 20.3. The molecule has 9 aromatic carbocycles. The molecule has 0 amide bonds. The molecule has 0 bridgehead atoms. The standard InChI is InChI=1S/C63H51NSi/c1-61(2,3)42-30-35-49-50-36-31-43(62(4,5)6)39-60(50)65(59(49)38-42)57-26-16-9-19-47(57)48-34-29-41(37-58(48)65)40-27-32-44(33-28-40)64-55-24-14-12-22-53(55)63(54-23-13-15-25-56(54)64)51-20-10-7-17-45(51)46-18-8-11-21-52(46)63/h7-39H,1-6H3. The van der Waals surface area contributed by atoms with E-state index in [0.29, 0.717) is 0 Å². The predicted molar refractivity (Wildman–Crippen MR) is 276 cm³/mol. The van der Waals surface area contributed by atoms with Crippen LogP contribution in [-0.2, 0) is 16.2 Å². The van der Waals surface area contributed by atoms with Crippen molar-refractivity contribution in [3.8, 4) is 44.5 Å². The van der Waals surface area contributed by atoms with Gasteiger partial charge in [-0.15, -0.1) is 0 Å². The monoisotopic (exact) mass is 849 g/mol. The van der Waals surface area contributed by atoms with Crippen LogP contribution < -0.4 is 25.6 Å². The Morgan fingerprint density at radius 3 is 1.26 bits per heavy atom. The molecule has 0 unspecified atom stereocenters. The molecule has 1 nitrogen and oxygen atoms in total. The zero-order chi connectivity index (χ0) is 44.0. The van der Waals surface area contributed by atoms with Crippen LogP contribution >= 0.6 is 0 Å². The Kier molecular flexibility index (Phi) is 7.86. The Hall–Kier alpha value is -7.00. The van der Waals surface area contributed by atoms with E-state index in [9.17, 15) is 0 Å². The number of rotatable bonds is 2. The normalized spacial score (nSPS) is 15.1. The molecule has 9 aromatic rings. The van der Waals surface area contributed by atoms with Crippen LogP contribution in [0.3, 0.4) is 0 Å². The number of nitrogens with zero attached hydrogens (tertiary/aromatic N) is 1. The molecular weight excluding hydrogens is 799 g/mol. The summed E-state index contributed by atoms with van der Waals surface area (Å²) < 4.78 is 0. The maximum absolute atomic E-state index is 2.73. The van der Waals surface area contributed by atoms with Gasteiger partial charge in [0.15, 0.2) is 8.07 Å². The summed E-state index contributed by atoms with van der Waals surface area (Å²) in [5.74, 6) is 0. The molecule has 0 fully saturated rings. The minimum absolute atomic E-state index is 0.0303. The molecule has 2 spiro atoms. The van der Waals surface area contributed by atoms with E-state index in [1.54, 1.807) is 0 Å². The van der Waals surface area contributed by atoms with Gasteiger partial charge < -0.3 is 4.90 Å². The molecule has 312 valence electrons. The van der Waals surface area contributed by atoms with Crippen molar-refractivity contribution in [2.24, 2.45) is 0 Å². The summed E-state index contributed by atoms with van der Waals surface area (Å²) in [6, 6.07) is 77.3. The summed E-state index contributed by atoms with van der Waals surface area (Å²) in [5, 5.41) is 6.11. The number of benzene rings is 9. The smallest absolute Gasteiger partial charge is 0.182 e. The van der Waals surface area contributed by atoms with E-state index in [1.807, 2.05) is 0 Å². The van der Waals surface area contributed by atoms with Gasteiger partial charge in [0.1, 0.15) is 0 Å². The Balaban J connectivity index is 0.981. The average molecular weight is 850 g/mol. The van der Waals surface area contributed by atoms with Gasteiger partial charge in [0.05, 0.1) is 16.8 Å². The van der Waals surface area contributed by atoms with E-state index in [-0.39, 0.29) is 10.8 Å². The van der Waals surface area contributed by atoms with Gasteiger partial charge in [-0.25, -0.2) is 0 Å². The fraction of sp³-hybridized carbons (Fsp3) is 0.143.